The first-order chi connectivity index (χ1) is 9.82. The molecule has 6 heteroatoms. The van der Waals surface area contributed by atoms with Crippen LogP contribution in [0, 0.1) is 0 Å². The van der Waals surface area contributed by atoms with Crippen LogP contribution in [0.3, 0.4) is 0 Å². The van der Waals surface area contributed by atoms with Crippen molar-refractivity contribution in [2.45, 2.75) is 12.2 Å². The second-order valence-electron chi connectivity index (χ2n) is 4.51. The summed E-state index contributed by atoms with van der Waals surface area (Å²) in [5, 5.41) is 3.59. The van der Waals surface area contributed by atoms with Crippen LogP contribution in [-0.2, 0) is 6.18 Å². The minimum absolute atomic E-state index is 0.362. The highest BCUT2D eigenvalue weighted by atomic mass is 79.9. The molecule has 0 saturated heterocycles. The van der Waals surface area contributed by atoms with Crippen LogP contribution in [0.4, 0.5) is 13.2 Å². The standard InChI is InChI=1S/C15H12BrClF3N/c1-21-14(12-6-5-11(17)8-13(12)16)9-3-2-4-10(7-9)15(18,19)20/h2-8,14,21H,1H3. The summed E-state index contributed by atoms with van der Waals surface area (Å²) in [6, 6.07) is 10.1. The van der Waals surface area contributed by atoms with Crippen molar-refractivity contribution in [2.75, 3.05) is 7.05 Å². The molecule has 2 aromatic carbocycles. The Morgan fingerprint density at radius 1 is 1.14 bits per heavy atom. The quantitative estimate of drug-likeness (QED) is 0.751. The molecule has 1 nitrogen and oxygen atoms in total. The lowest BCUT2D eigenvalue weighted by atomic mass is 9.97. The van der Waals surface area contributed by atoms with Gasteiger partial charge in [-0.25, -0.2) is 0 Å². The van der Waals surface area contributed by atoms with E-state index in [2.05, 4.69) is 21.2 Å². The number of rotatable bonds is 3. The van der Waals surface area contributed by atoms with E-state index in [9.17, 15) is 13.2 Å². The lowest BCUT2D eigenvalue weighted by Crippen LogP contribution is -2.19. The van der Waals surface area contributed by atoms with Crippen molar-refractivity contribution in [3.8, 4) is 0 Å². The maximum atomic E-state index is 12.8. The smallest absolute Gasteiger partial charge is 0.309 e. The van der Waals surface area contributed by atoms with Gasteiger partial charge in [-0.3, -0.25) is 0 Å². The molecule has 2 aromatic rings. The van der Waals surface area contributed by atoms with Crippen LogP contribution in [0.15, 0.2) is 46.9 Å². The van der Waals surface area contributed by atoms with E-state index >= 15 is 0 Å². The largest absolute Gasteiger partial charge is 0.416 e. The first-order valence-corrected chi connectivity index (χ1v) is 7.29. The monoisotopic (exact) mass is 377 g/mol. The number of halogens is 5. The number of nitrogens with one attached hydrogen (secondary N) is 1. The van der Waals surface area contributed by atoms with Gasteiger partial charge in [0.15, 0.2) is 0 Å². The van der Waals surface area contributed by atoms with Crippen molar-refractivity contribution in [3.05, 3.63) is 68.7 Å². The summed E-state index contributed by atoms with van der Waals surface area (Å²) in [4.78, 5) is 0. The lowest BCUT2D eigenvalue weighted by molar-refractivity contribution is -0.137. The van der Waals surface area contributed by atoms with Gasteiger partial charge in [-0.05, 0) is 42.4 Å². The minimum atomic E-state index is -4.36. The van der Waals surface area contributed by atoms with E-state index in [0.29, 0.717) is 10.6 Å². The molecule has 0 fully saturated rings. The molecule has 21 heavy (non-hydrogen) atoms. The molecule has 0 amide bonds. The van der Waals surface area contributed by atoms with E-state index in [1.165, 1.54) is 6.07 Å². The second-order valence-corrected chi connectivity index (χ2v) is 5.80. The third kappa shape index (κ3) is 3.78. The van der Waals surface area contributed by atoms with Crippen molar-refractivity contribution < 1.29 is 13.2 Å². The van der Waals surface area contributed by atoms with Gasteiger partial charge in [0.05, 0.1) is 11.6 Å². The molecule has 0 aromatic heterocycles. The SMILES string of the molecule is CNC(c1cccc(C(F)(F)F)c1)c1ccc(Cl)cc1Br. The van der Waals surface area contributed by atoms with E-state index in [-0.39, 0.29) is 6.04 Å². The Hall–Kier alpha value is -1.04. The Kier molecular flexibility index (Phi) is 4.96. The van der Waals surface area contributed by atoms with Gasteiger partial charge in [-0.2, -0.15) is 13.2 Å². The summed E-state index contributed by atoms with van der Waals surface area (Å²) < 4.78 is 39.2. The van der Waals surface area contributed by atoms with Crippen molar-refractivity contribution >= 4 is 27.5 Å². The molecular weight excluding hydrogens is 367 g/mol. The summed E-state index contributed by atoms with van der Waals surface area (Å²) in [7, 11) is 1.70. The molecule has 2 rings (SSSR count). The molecular formula is C15H12BrClF3N. The number of alkyl halides is 3. The normalized spacial score (nSPS) is 13.2. The van der Waals surface area contributed by atoms with Gasteiger partial charge in [0.25, 0.3) is 0 Å². The van der Waals surface area contributed by atoms with E-state index < -0.39 is 11.7 Å². The van der Waals surface area contributed by atoms with Gasteiger partial charge in [0.2, 0.25) is 0 Å². The van der Waals surface area contributed by atoms with Crippen LogP contribution in [0.2, 0.25) is 5.02 Å². The van der Waals surface area contributed by atoms with Gasteiger partial charge in [-0.15, -0.1) is 0 Å². The summed E-state index contributed by atoms with van der Waals surface area (Å²) in [5.41, 5.74) is 0.696. The maximum absolute atomic E-state index is 12.8. The Bertz CT molecular complexity index is 643. The zero-order chi connectivity index (χ0) is 15.6. The van der Waals surface area contributed by atoms with E-state index in [1.54, 1.807) is 31.3 Å². The first-order valence-electron chi connectivity index (χ1n) is 6.12. The molecule has 0 aliphatic heterocycles. The first kappa shape index (κ1) is 16.3. The van der Waals surface area contributed by atoms with Crippen LogP contribution in [0.1, 0.15) is 22.7 Å². The van der Waals surface area contributed by atoms with Crippen LogP contribution < -0.4 is 5.32 Å². The zero-order valence-corrected chi connectivity index (χ0v) is 13.4. The van der Waals surface area contributed by atoms with Crippen molar-refractivity contribution in [2.24, 2.45) is 0 Å². The molecule has 0 aliphatic rings. The third-order valence-electron chi connectivity index (χ3n) is 3.11. The zero-order valence-electron chi connectivity index (χ0n) is 11.0. The predicted molar refractivity (Wildman–Crippen MR) is 81.5 cm³/mol. The molecule has 1 unspecified atom stereocenters. The lowest BCUT2D eigenvalue weighted by Gasteiger charge is -2.20. The van der Waals surface area contributed by atoms with Gasteiger partial charge >= 0.3 is 6.18 Å². The predicted octanol–water partition coefficient (Wildman–Crippen LogP) is 5.43. The Morgan fingerprint density at radius 2 is 1.86 bits per heavy atom. The number of hydrogen-bond donors (Lipinski definition) is 1. The molecule has 0 aliphatic carbocycles. The average Bonchev–Trinajstić information content (AvgIpc) is 2.41. The van der Waals surface area contributed by atoms with Crippen molar-refractivity contribution in [1.29, 1.82) is 0 Å². The Morgan fingerprint density at radius 3 is 2.43 bits per heavy atom. The van der Waals surface area contributed by atoms with Crippen LogP contribution in [-0.4, -0.2) is 7.05 Å². The highest BCUT2D eigenvalue weighted by molar-refractivity contribution is 9.10. The van der Waals surface area contributed by atoms with E-state index in [1.807, 2.05) is 0 Å². The maximum Gasteiger partial charge on any atom is 0.416 e. The summed E-state index contributed by atoms with van der Waals surface area (Å²) >= 11 is 9.29. The minimum Gasteiger partial charge on any atom is -0.309 e. The topological polar surface area (TPSA) is 12.0 Å². The molecule has 1 N–H and O–H groups in total. The van der Waals surface area contributed by atoms with E-state index in [0.717, 1.165) is 22.2 Å². The Balaban J connectivity index is 2.47. The number of benzene rings is 2. The molecule has 112 valence electrons. The summed E-state index contributed by atoms with van der Waals surface area (Å²) in [6.45, 7) is 0. The molecule has 0 bridgehead atoms. The molecule has 0 radical (unpaired) electrons. The van der Waals surface area contributed by atoms with Crippen molar-refractivity contribution in [3.63, 3.8) is 0 Å². The highest BCUT2D eigenvalue weighted by Gasteiger charge is 2.31. The number of hydrogen-bond acceptors (Lipinski definition) is 1. The molecule has 0 heterocycles. The van der Waals surface area contributed by atoms with E-state index in [4.69, 9.17) is 11.6 Å². The fourth-order valence-corrected chi connectivity index (χ4v) is 3.04. The van der Waals surface area contributed by atoms with Gasteiger partial charge < -0.3 is 5.32 Å². The van der Waals surface area contributed by atoms with Crippen LogP contribution >= 0.6 is 27.5 Å². The van der Waals surface area contributed by atoms with Crippen LogP contribution in [0.25, 0.3) is 0 Å². The van der Waals surface area contributed by atoms with Crippen LogP contribution in [0.5, 0.6) is 0 Å². The fourth-order valence-electron chi connectivity index (χ4n) is 2.13. The molecule has 0 spiro atoms. The third-order valence-corrected chi connectivity index (χ3v) is 4.03. The molecule has 1 atom stereocenters. The second kappa shape index (κ2) is 6.38. The fraction of sp³-hybridized carbons (Fsp3) is 0.200. The Labute approximate surface area is 134 Å². The van der Waals surface area contributed by atoms with Gasteiger partial charge in [0.1, 0.15) is 0 Å². The summed E-state index contributed by atoms with van der Waals surface area (Å²) in [6.07, 6.45) is -4.36. The molecule has 0 saturated carbocycles. The van der Waals surface area contributed by atoms with Crippen molar-refractivity contribution in [1.82, 2.24) is 5.32 Å². The van der Waals surface area contributed by atoms with Gasteiger partial charge in [-0.1, -0.05) is 45.7 Å². The highest BCUT2D eigenvalue weighted by Crippen LogP contribution is 2.34. The average molecular weight is 379 g/mol. The van der Waals surface area contributed by atoms with Gasteiger partial charge in [0, 0.05) is 9.50 Å². The summed E-state index contributed by atoms with van der Waals surface area (Å²) in [5.74, 6) is 0.